The first-order valence-corrected chi connectivity index (χ1v) is 8.65. The second kappa shape index (κ2) is 6.93. The monoisotopic (exact) mass is 332 g/mol. The van der Waals surface area contributed by atoms with Crippen LogP contribution in [0.3, 0.4) is 0 Å². The standard InChI is InChI=1S/C17H28N6O/c1-17(2,3)15-20-14(21-24-15)11-19-16(18-4)23-10-7-13(12-23)22-8-5-6-9-22/h5-6,13H,7-12H2,1-4H3,(H,18,19). The molecular formula is C17H28N6O. The Morgan fingerprint density at radius 1 is 1.38 bits per heavy atom. The number of aliphatic imine (C=N–C) groups is 1. The summed E-state index contributed by atoms with van der Waals surface area (Å²) in [4.78, 5) is 13.7. The maximum Gasteiger partial charge on any atom is 0.232 e. The first-order valence-electron chi connectivity index (χ1n) is 8.65. The van der Waals surface area contributed by atoms with Crippen molar-refractivity contribution in [2.24, 2.45) is 4.99 Å². The number of likely N-dealkylation sites (tertiary alicyclic amines) is 1. The smallest absolute Gasteiger partial charge is 0.232 e. The van der Waals surface area contributed by atoms with Gasteiger partial charge in [-0.15, -0.1) is 0 Å². The molecule has 1 saturated heterocycles. The van der Waals surface area contributed by atoms with Gasteiger partial charge in [-0.05, 0) is 6.42 Å². The first-order chi connectivity index (χ1) is 11.5. The zero-order valence-corrected chi connectivity index (χ0v) is 15.1. The third kappa shape index (κ3) is 3.77. The van der Waals surface area contributed by atoms with Gasteiger partial charge in [-0.1, -0.05) is 38.1 Å². The zero-order chi connectivity index (χ0) is 17.2. The summed E-state index contributed by atoms with van der Waals surface area (Å²) in [7, 11) is 1.82. The number of aromatic nitrogens is 2. The molecule has 1 aromatic rings. The van der Waals surface area contributed by atoms with Crippen LogP contribution in [-0.4, -0.2) is 65.2 Å². The van der Waals surface area contributed by atoms with Gasteiger partial charge in [-0.3, -0.25) is 9.89 Å². The number of guanidine groups is 1. The van der Waals surface area contributed by atoms with Crippen LogP contribution in [0.4, 0.5) is 0 Å². The molecule has 2 aliphatic rings. The van der Waals surface area contributed by atoms with Crippen molar-refractivity contribution >= 4 is 5.96 Å². The average Bonchev–Trinajstić information content (AvgIpc) is 3.28. The van der Waals surface area contributed by atoms with Gasteiger partial charge in [0.15, 0.2) is 11.8 Å². The Hall–Kier alpha value is -1.89. The van der Waals surface area contributed by atoms with Crippen LogP contribution in [0, 0.1) is 0 Å². The third-order valence-corrected chi connectivity index (χ3v) is 4.55. The Kier molecular flexibility index (Phi) is 4.89. The van der Waals surface area contributed by atoms with Gasteiger partial charge in [0.05, 0.1) is 6.54 Å². The second-order valence-electron chi connectivity index (χ2n) is 7.48. The van der Waals surface area contributed by atoms with Crippen molar-refractivity contribution in [3.05, 3.63) is 23.9 Å². The number of hydrogen-bond donors (Lipinski definition) is 1. The quantitative estimate of drug-likeness (QED) is 0.512. The molecule has 1 fully saturated rings. The van der Waals surface area contributed by atoms with E-state index < -0.39 is 0 Å². The highest BCUT2D eigenvalue weighted by molar-refractivity contribution is 5.80. The summed E-state index contributed by atoms with van der Waals surface area (Å²) in [5, 5.41) is 7.42. The second-order valence-corrected chi connectivity index (χ2v) is 7.48. The summed E-state index contributed by atoms with van der Waals surface area (Å²) in [5.41, 5.74) is -0.126. The molecule has 0 saturated carbocycles. The molecule has 132 valence electrons. The number of nitrogens with zero attached hydrogens (tertiary/aromatic N) is 5. The van der Waals surface area contributed by atoms with E-state index >= 15 is 0 Å². The minimum atomic E-state index is -0.126. The minimum absolute atomic E-state index is 0.126. The van der Waals surface area contributed by atoms with Crippen LogP contribution in [0.5, 0.6) is 0 Å². The molecule has 1 N–H and O–H groups in total. The normalized spacial score (nSPS) is 22.6. The van der Waals surface area contributed by atoms with E-state index in [2.05, 4.69) is 63.2 Å². The minimum Gasteiger partial charge on any atom is -0.349 e. The SMILES string of the molecule is CN=C(NCc1noc(C(C)(C)C)n1)N1CCC(N2CC=CC2)C1. The molecule has 0 amide bonds. The molecule has 24 heavy (non-hydrogen) atoms. The fourth-order valence-electron chi connectivity index (χ4n) is 3.15. The van der Waals surface area contributed by atoms with Crippen molar-refractivity contribution in [3.8, 4) is 0 Å². The van der Waals surface area contributed by atoms with Crippen LogP contribution in [0.2, 0.25) is 0 Å². The van der Waals surface area contributed by atoms with Crippen molar-refractivity contribution < 1.29 is 4.52 Å². The molecule has 0 aliphatic carbocycles. The van der Waals surface area contributed by atoms with Crippen LogP contribution in [0.25, 0.3) is 0 Å². The van der Waals surface area contributed by atoms with Crippen molar-refractivity contribution in [2.75, 3.05) is 33.2 Å². The number of hydrogen-bond acceptors (Lipinski definition) is 5. The summed E-state index contributed by atoms with van der Waals surface area (Å²) in [6, 6.07) is 0.608. The molecule has 3 rings (SSSR count). The maximum absolute atomic E-state index is 5.34. The average molecular weight is 332 g/mol. The van der Waals surface area contributed by atoms with Gasteiger partial charge in [0.25, 0.3) is 0 Å². The van der Waals surface area contributed by atoms with Crippen LogP contribution in [-0.2, 0) is 12.0 Å². The summed E-state index contributed by atoms with van der Waals surface area (Å²) >= 11 is 0. The van der Waals surface area contributed by atoms with Gasteiger partial charge in [0.2, 0.25) is 5.89 Å². The van der Waals surface area contributed by atoms with Crippen LogP contribution in [0.1, 0.15) is 38.9 Å². The van der Waals surface area contributed by atoms with Crippen LogP contribution < -0.4 is 5.32 Å². The molecule has 1 aromatic heterocycles. The van der Waals surface area contributed by atoms with E-state index in [1.807, 2.05) is 7.05 Å². The van der Waals surface area contributed by atoms with Crippen molar-refractivity contribution in [1.82, 2.24) is 25.3 Å². The lowest BCUT2D eigenvalue weighted by Crippen LogP contribution is -2.42. The molecule has 0 radical (unpaired) electrons. The fraction of sp³-hybridized carbons (Fsp3) is 0.706. The molecular weight excluding hydrogens is 304 g/mol. The Bertz CT molecular complexity index is 607. The Labute approximate surface area is 143 Å². The van der Waals surface area contributed by atoms with E-state index in [1.54, 1.807) is 0 Å². The van der Waals surface area contributed by atoms with Crippen molar-refractivity contribution in [3.63, 3.8) is 0 Å². The molecule has 1 unspecified atom stereocenters. The molecule has 7 nitrogen and oxygen atoms in total. The van der Waals surface area contributed by atoms with E-state index in [-0.39, 0.29) is 5.41 Å². The summed E-state index contributed by atoms with van der Waals surface area (Å²) in [5.74, 6) is 2.24. The molecule has 3 heterocycles. The predicted molar refractivity (Wildman–Crippen MR) is 93.9 cm³/mol. The molecule has 0 bridgehead atoms. The Morgan fingerprint density at radius 2 is 2.12 bits per heavy atom. The van der Waals surface area contributed by atoms with Gasteiger partial charge in [-0.25, -0.2) is 0 Å². The zero-order valence-electron chi connectivity index (χ0n) is 15.1. The number of nitrogens with one attached hydrogen (secondary N) is 1. The van der Waals surface area contributed by atoms with Gasteiger partial charge in [0, 0.05) is 44.7 Å². The maximum atomic E-state index is 5.34. The highest BCUT2D eigenvalue weighted by Gasteiger charge is 2.29. The lowest BCUT2D eigenvalue weighted by molar-refractivity contribution is 0.259. The summed E-state index contributed by atoms with van der Waals surface area (Å²) in [6.07, 6.45) is 5.68. The lowest BCUT2D eigenvalue weighted by Gasteiger charge is -2.25. The largest absolute Gasteiger partial charge is 0.349 e. The molecule has 1 atom stereocenters. The number of rotatable bonds is 3. The summed E-state index contributed by atoms with van der Waals surface area (Å²) < 4.78 is 5.34. The van der Waals surface area contributed by atoms with E-state index in [9.17, 15) is 0 Å². The van der Waals surface area contributed by atoms with Crippen molar-refractivity contribution in [1.29, 1.82) is 0 Å². The van der Waals surface area contributed by atoms with E-state index in [0.717, 1.165) is 32.1 Å². The topological polar surface area (TPSA) is 69.8 Å². The fourth-order valence-corrected chi connectivity index (χ4v) is 3.15. The van der Waals surface area contributed by atoms with Crippen LogP contribution in [0.15, 0.2) is 21.7 Å². The molecule has 0 aromatic carbocycles. The highest BCUT2D eigenvalue weighted by atomic mass is 16.5. The van der Waals surface area contributed by atoms with Crippen molar-refractivity contribution in [2.45, 2.75) is 45.2 Å². The lowest BCUT2D eigenvalue weighted by atomic mass is 9.97. The predicted octanol–water partition coefficient (Wildman–Crippen LogP) is 1.39. The van der Waals surface area contributed by atoms with Gasteiger partial charge >= 0.3 is 0 Å². The first kappa shape index (κ1) is 17.0. The molecule has 2 aliphatic heterocycles. The van der Waals surface area contributed by atoms with E-state index in [1.165, 1.54) is 6.42 Å². The molecule has 7 heteroatoms. The summed E-state index contributed by atoms with van der Waals surface area (Å²) in [6.45, 7) is 10.9. The third-order valence-electron chi connectivity index (χ3n) is 4.55. The van der Waals surface area contributed by atoms with E-state index in [0.29, 0.717) is 24.3 Å². The van der Waals surface area contributed by atoms with Gasteiger partial charge < -0.3 is 14.7 Å². The van der Waals surface area contributed by atoms with Gasteiger partial charge in [-0.2, -0.15) is 4.98 Å². The molecule has 0 spiro atoms. The highest BCUT2D eigenvalue weighted by Crippen LogP contribution is 2.20. The van der Waals surface area contributed by atoms with Gasteiger partial charge in [0.1, 0.15) is 0 Å². The van der Waals surface area contributed by atoms with E-state index in [4.69, 9.17) is 4.52 Å². The van der Waals surface area contributed by atoms with Crippen LogP contribution >= 0.6 is 0 Å². The Morgan fingerprint density at radius 3 is 2.75 bits per heavy atom. The Balaban J connectivity index is 1.53.